The van der Waals surface area contributed by atoms with E-state index < -0.39 is 6.10 Å². The first kappa shape index (κ1) is 17.3. The summed E-state index contributed by atoms with van der Waals surface area (Å²) in [5.74, 6) is 2.36. The molecule has 2 N–H and O–H groups in total. The summed E-state index contributed by atoms with van der Waals surface area (Å²) in [4.78, 5) is 14.8. The fourth-order valence-electron chi connectivity index (χ4n) is 4.21. The Morgan fingerprint density at radius 2 is 2.00 bits per heavy atom. The van der Waals surface area contributed by atoms with Gasteiger partial charge in [-0.15, -0.1) is 0 Å². The van der Waals surface area contributed by atoms with Crippen LogP contribution in [0.25, 0.3) is 0 Å². The molecule has 1 amide bonds. The Bertz CT molecular complexity index is 614. The fraction of sp³-hybridized carbons (Fsp3) is 0.650. The Labute approximate surface area is 145 Å². The van der Waals surface area contributed by atoms with E-state index in [4.69, 9.17) is 10.5 Å². The molecule has 2 fully saturated rings. The number of rotatable bonds is 4. The van der Waals surface area contributed by atoms with Crippen molar-refractivity contribution in [1.29, 1.82) is 0 Å². The van der Waals surface area contributed by atoms with E-state index in [2.05, 4.69) is 26.0 Å². The lowest BCUT2D eigenvalue weighted by Crippen LogP contribution is -2.40. The molecule has 0 aromatic heterocycles. The molecule has 2 aliphatic rings. The summed E-state index contributed by atoms with van der Waals surface area (Å²) in [7, 11) is 0. The van der Waals surface area contributed by atoms with E-state index in [-0.39, 0.29) is 11.9 Å². The number of benzene rings is 1. The molecule has 1 aromatic carbocycles. The molecular formula is C20H30N2O2. The van der Waals surface area contributed by atoms with Crippen molar-refractivity contribution < 1.29 is 9.53 Å². The molecule has 1 heterocycles. The zero-order chi connectivity index (χ0) is 17.4. The molecule has 1 aliphatic carbocycles. The number of carbonyl (C=O) groups is 1. The molecule has 1 aliphatic heterocycles. The maximum absolute atomic E-state index is 12.8. The average Bonchev–Trinajstić information content (AvgIpc) is 3.08. The van der Waals surface area contributed by atoms with E-state index in [1.165, 1.54) is 0 Å². The number of nitrogens with two attached hydrogens (primary N) is 1. The van der Waals surface area contributed by atoms with Crippen LogP contribution in [-0.4, -0.2) is 36.0 Å². The molecule has 3 rings (SSSR count). The van der Waals surface area contributed by atoms with Gasteiger partial charge in [-0.2, -0.15) is 0 Å². The van der Waals surface area contributed by atoms with E-state index in [1.54, 1.807) is 0 Å². The van der Waals surface area contributed by atoms with Gasteiger partial charge in [0.05, 0.1) is 0 Å². The lowest BCUT2D eigenvalue weighted by molar-refractivity contribution is -0.137. The van der Waals surface area contributed by atoms with Gasteiger partial charge in [0.1, 0.15) is 5.75 Å². The number of carbonyl (C=O) groups excluding carboxylic acids is 1. The third kappa shape index (κ3) is 3.30. The molecule has 0 radical (unpaired) electrons. The number of likely N-dealkylation sites (tertiary alicyclic amines) is 1. The zero-order valence-corrected chi connectivity index (χ0v) is 15.3. The highest BCUT2D eigenvalue weighted by Crippen LogP contribution is 2.37. The van der Waals surface area contributed by atoms with E-state index >= 15 is 0 Å². The van der Waals surface area contributed by atoms with Crippen molar-refractivity contribution in [1.82, 2.24) is 4.90 Å². The van der Waals surface area contributed by atoms with Gasteiger partial charge in [-0.05, 0) is 61.6 Å². The molecule has 1 saturated carbocycles. The molecule has 0 bridgehead atoms. The predicted octanol–water partition coefficient (Wildman–Crippen LogP) is 3.08. The van der Waals surface area contributed by atoms with Crippen molar-refractivity contribution in [2.45, 2.75) is 58.6 Å². The van der Waals surface area contributed by atoms with Gasteiger partial charge in [0.2, 0.25) is 0 Å². The number of hydrogen-bond donors (Lipinski definition) is 1. The number of aryl methyl sites for hydroxylation is 1. The minimum atomic E-state index is -0.459. The molecule has 4 heteroatoms. The molecule has 24 heavy (non-hydrogen) atoms. The Hall–Kier alpha value is -1.55. The standard InChI is InChI=1S/C20H30N2O2/c1-12(2)16-7-5-13(3)9-19(16)24-14(4)20(23)22-10-15-6-8-18(21)17(15)11-22/h5,7,9,12,14-15,17-18H,6,8,10-11,21H2,1-4H3. The maximum atomic E-state index is 12.8. The van der Waals surface area contributed by atoms with Crippen LogP contribution in [0.2, 0.25) is 0 Å². The highest BCUT2D eigenvalue weighted by Gasteiger charge is 2.43. The SMILES string of the molecule is Cc1ccc(C(C)C)c(OC(C)C(=O)N2CC3CCC(N)C3C2)c1. The summed E-state index contributed by atoms with van der Waals surface area (Å²) in [6.07, 6.45) is 1.80. The Balaban J connectivity index is 1.68. The van der Waals surface area contributed by atoms with Crippen LogP contribution in [0.4, 0.5) is 0 Å². The van der Waals surface area contributed by atoms with Crippen LogP contribution in [0, 0.1) is 18.8 Å². The van der Waals surface area contributed by atoms with Gasteiger partial charge in [0, 0.05) is 19.1 Å². The molecule has 0 spiro atoms. The summed E-state index contributed by atoms with van der Waals surface area (Å²) < 4.78 is 6.09. The van der Waals surface area contributed by atoms with Gasteiger partial charge in [-0.1, -0.05) is 26.0 Å². The van der Waals surface area contributed by atoms with E-state index in [1.807, 2.05) is 24.8 Å². The molecule has 4 unspecified atom stereocenters. The van der Waals surface area contributed by atoms with Gasteiger partial charge in [0.25, 0.3) is 5.91 Å². The number of fused-ring (bicyclic) bond motifs is 1. The van der Waals surface area contributed by atoms with Crippen LogP contribution in [0.1, 0.15) is 50.7 Å². The molecule has 4 atom stereocenters. The number of amides is 1. The van der Waals surface area contributed by atoms with Gasteiger partial charge >= 0.3 is 0 Å². The predicted molar refractivity (Wildman–Crippen MR) is 96.1 cm³/mol. The zero-order valence-electron chi connectivity index (χ0n) is 15.3. The van der Waals surface area contributed by atoms with Gasteiger partial charge in [-0.25, -0.2) is 0 Å². The summed E-state index contributed by atoms with van der Waals surface area (Å²) in [6.45, 7) is 9.84. The minimum Gasteiger partial charge on any atom is -0.481 e. The van der Waals surface area contributed by atoms with Crippen LogP contribution in [0.3, 0.4) is 0 Å². The van der Waals surface area contributed by atoms with E-state index in [9.17, 15) is 4.79 Å². The van der Waals surface area contributed by atoms with Crippen molar-refractivity contribution in [2.75, 3.05) is 13.1 Å². The van der Waals surface area contributed by atoms with Gasteiger partial charge < -0.3 is 15.4 Å². The number of ether oxygens (including phenoxy) is 1. The minimum absolute atomic E-state index is 0.0906. The lowest BCUT2D eigenvalue weighted by atomic mass is 9.98. The van der Waals surface area contributed by atoms with Crippen molar-refractivity contribution in [3.8, 4) is 5.75 Å². The Morgan fingerprint density at radius 3 is 2.67 bits per heavy atom. The van der Waals surface area contributed by atoms with Crippen molar-refractivity contribution in [3.05, 3.63) is 29.3 Å². The largest absolute Gasteiger partial charge is 0.481 e. The highest BCUT2D eigenvalue weighted by atomic mass is 16.5. The number of hydrogen-bond acceptors (Lipinski definition) is 3. The van der Waals surface area contributed by atoms with Crippen LogP contribution >= 0.6 is 0 Å². The average molecular weight is 330 g/mol. The van der Waals surface area contributed by atoms with Crippen molar-refractivity contribution in [3.63, 3.8) is 0 Å². The van der Waals surface area contributed by atoms with Crippen molar-refractivity contribution in [2.24, 2.45) is 17.6 Å². The third-order valence-electron chi connectivity index (χ3n) is 5.67. The Morgan fingerprint density at radius 1 is 1.25 bits per heavy atom. The summed E-state index contributed by atoms with van der Waals surface area (Å²) in [5, 5.41) is 0. The smallest absolute Gasteiger partial charge is 0.263 e. The summed E-state index contributed by atoms with van der Waals surface area (Å²) in [5.41, 5.74) is 8.48. The first-order valence-corrected chi connectivity index (χ1v) is 9.18. The molecule has 4 nitrogen and oxygen atoms in total. The van der Waals surface area contributed by atoms with Gasteiger partial charge in [-0.3, -0.25) is 4.79 Å². The van der Waals surface area contributed by atoms with Gasteiger partial charge in [0.15, 0.2) is 6.10 Å². The highest BCUT2D eigenvalue weighted by molar-refractivity contribution is 5.81. The topological polar surface area (TPSA) is 55.6 Å². The molecule has 1 aromatic rings. The molecule has 132 valence electrons. The second kappa shape index (κ2) is 6.75. The monoisotopic (exact) mass is 330 g/mol. The lowest BCUT2D eigenvalue weighted by Gasteiger charge is -2.24. The second-order valence-corrected chi connectivity index (χ2v) is 7.86. The molecule has 1 saturated heterocycles. The number of nitrogens with zero attached hydrogens (tertiary/aromatic N) is 1. The first-order valence-electron chi connectivity index (χ1n) is 9.18. The quantitative estimate of drug-likeness (QED) is 0.923. The van der Waals surface area contributed by atoms with E-state index in [0.717, 1.165) is 42.8 Å². The maximum Gasteiger partial charge on any atom is 0.263 e. The van der Waals surface area contributed by atoms with Crippen molar-refractivity contribution >= 4 is 5.91 Å². The second-order valence-electron chi connectivity index (χ2n) is 7.86. The van der Waals surface area contributed by atoms with Crippen LogP contribution in [0.5, 0.6) is 5.75 Å². The first-order chi connectivity index (χ1) is 11.4. The summed E-state index contributed by atoms with van der Waals surface area (Å²) >= 11 is 0. The van der Waals surface area contributed by atoms with Crippen LogP contribution in [0.15, 0.2) is 18.2 Å². The Kier molecular flexibility index (Phi) is 4.86. The fourth-order valence-corrected chi connectivity index (χ4v) is 4.21. The van der Waals surface area contributed by atoms with Crippen LogP contribution < -0.4 is 10.5 Å². The third-order valence-corrected chi connectivity index (χ3v) is 5.67. The van der Waals surface area contributed by atoms with Crippen LogP contribution in [-0.2, 0) is 4.79 Å². The van der Waals surface area contributed by atoms with E-state index in [0.29, 0.717) is 17.8 Å². The normalized spacial score (nSPS) is 27.4. The summed E-state index contributed by atoms with van der Waals surface area (Å²) in [6, 6.07) is 6.49. The molecular weight excluding hydrogens is 300 g/mol.